The number of sulfonamides is 1. The van der Waals surface area contributed by atoms with Crippen LogP contribution in [-0.2, 0) is 14.8 Å². The van der Waals surface area contributed by atoms with E-state index in [4.69, 9.17) is 4.74 Å². The summed E-state index contributed by atoms with van der Waals surface area (Å²) in [6.45, 7) is 4.82. The average Bonchev–Trinajstić information content (AvgIpc) is 2.99. The van der Waals surface area contributed by atoms with Crippen molar-refractivity contribution < 1.29 is 13.2 Å². The molecule has 30 heavy (non-hydrogen) atoms. The van der Waals surface area contributed by atoms with Gasteiger partial charge in [-0.2, -0.15) is 0 Å². The van der Waals surface area contributed by atoms with E-state index < -0.39 is 10.0 Å². The maximum Gasteiger partial charge on any atom is 0.214 e. The Kier molecular flexibility index (Phi) is 14.5. The van der Waals surface area contributed by atoms with Crippen LogP contribution in [0, 0.1) is 0 Å². The van der Waals surface area contributed by atoms with Gasteiger partial charge < -0.3 is 15.4 Å². The van der Waals surface area contributed by atoms with Crippen molar-refractivity contribution >= 4 is 40.0 Å². The minimum Gasteiger partial charge on any atom is -0.378 e. The molecule has 1 saturated heterocycles. The molecule has 0 amide bonds. The van der Waals surface area contributed by atoms with Crippen molar-refractivity contribution in [2.75, 3.05) is 39.0 Å². The van der Waals surface area contributed by atoms with E-state index in [1.54, 1.807) is 11.4 Å². The second-order valence-electron chi connectivity index (χ2n) is 8.32. The van der Waals surface area contributed by atoms with Gasteiger partial charge in [0, 0.05) is 39.3 Å². The van der Waals surface area contributed by atoms with Crippen molar-refractivity contribution in [2.45, 2.75) is 89.7 Å². The first-order valence-electron chi connectivity index (χ1n) is 11.6. The van der Waals surface area contributed by atoms with Gasteiger partial charge in [-0.3, -0.25) is 4.99 Å². The van der Waals surface area contributed by atoms with Crippen LogP contribution in [0.1, 0.15) is 77.6 Å². The highest BCUT2D eigenvalue weighted by Crippen LogP contribution is 2.20. The molecule has 0 unspecified atom stereocenters. The van der Waals surface area contributed by atoms with Gasteiger partial charge in [-0.05, 0) is 44.9 Å². The van der Waals surface area contributed by atoms with E-state index in [1.807, 2.05) is 6.92 Å². The highest BCUT2D eigenvalue weighted by Gasteiger charge is 2.27. The molecule has 1 aliphatic carbocycles. The number of piperidine rings is 1. The normalized spacial score (nSPS) is 20.4. The molecule has 0 aromatic heterocycles. The van der Waals surface area contributed by atoms with Gasteiger partial charge in [0.05, 0.1) is 11.9 Å². The smallest absolute Gasteiger partial charge is 0.214 e. The zero-order chi connectivity index (χ0) is 21.0. The summed E-state index contributed by atoms with van der Waals surface area (Å²) in [5, 5.41) is 6.82. The Hall–Kier alpha value is -0.130. The van der Waals surface area contributed by atoms with Crippen LogP contribution in [0.5, 0.6) is 0 Å². The van der Waals surface area contributed by atoms with Crippen LogP contribution >= 0.6 is 24.0 Å². The Morgan fingerprint density at radius 3 is 2.33 bits per heavy atom. The van der Waals surface area contributed by atoms with Gasteiger partial charge in [-0.15, -0.1) is 24.0 Å². The predicted molar refractivity (Wildman–Crippen MR) is 135 cm³/mol. The third-order valence-electron chi connectivity index (χ3n) is 5.89. The molecular weight excluding hydrogens is 515 g/mol. The Bertz CT molecular complexity index is 573. The van der Waals surface area contributed by atoms with Gasteiger partial charge in [0.1, 0.15) is 0 Å². The van der Waals surface area contributed by atoms with Crippen LogP contribution in [-0.4, -0.2) is 69.9 Å². The Morgan fingerprint density at radius 2 is 1.73 bits per heavy atom. The van der Waals surface area contributed by atoms with Gasteiger partial charge in [0.25, 0.3) is 0 Å². The molecule has 1 heterocycles. The summed E-state index contributed by atoms with van der Waals surface area (Å²) in [6.07, 6.45) is 12.7. The molecule has 2 rings (SSSR count). The fraction of sp³-hybridized carbons (Fsp3) is 0.952. The van der Waals surface area contributed by atoms with Gasteiger partial charge in [-0.1, -0.05) is 32.6 Å². The molecule has 0 spiro atoms. The Labute approximate surface area is 201 Å². The van der Waals surface area contributed by atoms with E-state index in [0.717, 1.165) is 44.8 Å². The molecule has 1 aliphatic heterocycles. The minimum absolute atomic E-state index is 0. The number of halogens is 1. The average molecular weight is 559 g/mol. The number of ether oxygens (including phenoxy) is 1. The summed E-state index contributed by atoms with van der Waals surface area (Å²) < 4.78 is 32.0. The fourth-order valence-electron chi connectivity index (χ4n) is 4.15. The fourth-order valence-corrected chi connectivity index (χ4v) is 5.69. The van der Waals surface area contributed by atoms with Crippen molar-refractivity contribution in [1.82, 2.24) is 14.9 Å². The van der Waals surface area contributed by atoms with E-state index in [-0.39, 0.29) is 35.8 Å². The van der Waals surface area contributed by atoms with Gasteiger partial charge in [-0.25, -0.2) is 12.7 Å². The lowest BCUT2D eigenvalue weighted by atomic mass is 10.1. The van der Waals surface area contributed by atoms with E-state index in [2.05, 4.69) is 15.6 Å². The van der Waals surface area contributed by atoms with E-state index in [1.165, 1.54) is 38.5 Å². The summed E-state index contributed by atoms with van der Waals surface area (Å²) in [6, 6.07) is 0.271. The largest absolute Gasteiger partial charge is 0.378 e. The second kappa shape index (κ2) is 15.6. The standard InChI is InChI=1S/C21H42N4O3S.HI/c1-3-18-29(26,27)25-15-12-19(13-16-25)24-21(22-2)23-14-8-9-17-28-20-10-6-4-5-7-11-20;/h19-20H,3-18H2,1-2H3,(H2,22,23,24);1H. The molecule has 9 heteroatoms. The number of nitrogens with zero attached hydrogens (tertiary/aromatic N) is 2. The van der Waals surface area contributed by atoms with E-state index >= 15 is 0 Å². The van der Waals surface area contributed by atoms with Crippen LogP contribution in [0.2, 0.25) is 0 Å². The highest BCUT2D eigenvalue weighted by atomic mass is 127. The topological polar surface area (TPSA) is 83.0 Å². The molecule has 0 bridgehead atoms. The summed E-state index contributed by atoms with van der Waals surface area (Å²) in [7, 11) is -1.29. The van der Waals surface area contributed by atoms with Crippen LogP contribution in [0.4, 0.5) is 0 Å². The molecule has 7 nitrogen and oxygen atoms in total. The molecule has 2 aliphatic rings. The third-order valence-corrected chi connectivity index (χ3v) is 7.97. The number of hydrogen-bond acceptors (Lipinski definition) is 4. The SMILES string of the molecule is CCCS(=O)(=O)N1CCC(NC(=NC)NCCCCOC2CCCCCC2)CC1.I. The molecule has 1 saturated carbocycles. The second-order valence-corrected chi connectivity index (χ2v) is 10.4. The first kappa shape index (κ1) is 27.9. The van der Waals surface area contributed by atoms with Crippen molar-refractivity contribution in [3.8, 4) is 0 Å². The van der Waals surface area contributed by atoms with Crippen LogP contribution in [0.15, 0.2) is 4.99 Å². The summed E-state index contributed by atoms with van der Waals surface area (Å²) in [5.74, 6) is 1.06. The van der Waals surface area contributed by atoms with E-state index in [9.17, 15) is 8.42 Å². The number of aliphatic imine (C=N–C) groups is 1. The molecule has 0 aromatic carbocycles. The van der Waals surface area contributed by atoms with Crippen molar-refractivity contribution in [3.63, 3.8) is 0 Å². The number of rotatable bonds is 10. The summed E-state index contributed by atoms with van der Waals surface area (Å²) >= 11 is 0. The maximum atomic E-state index is 12.2. The van der Waals surface area contributed by atoms with Gasteiger partial charge in [0.2, 0.25) is 10.0 Å². The van der Waals surface area contributed by atoms with Crippen molar-refractivity contribution in [1.29, 1.82) is 0 Å². The van der Waals surface area contributed by atoms with Crippen molar-refractivity contribution in [3.05, 3.63) is 0 Å². The Morgan fingerprint density at radius 1 is 1.07 bits per heavy atom. The lowest BCUT2D eigenvalue weighted by Crippen LogP contribution is -2.50. The minimum atomic E-state index is -3.08. The lowest BCUT2D eigenvalue weighted by Gasteiger charge is -2.32. The molecule has 2 N–H and O–H groups in total. The zero-order valence-electron chi connectivity index (χ0n) is 18.9. The number of guanidine groups is 1. The number of nitrogens with one attached hydrogen (secondary N) is 2. The highest BCUT2D eigenvalue weighted by molar-refractivity contribution is 14.0. The maximum absolute atomic E-state index is 12.2. The summed E-state index contributed by atoms with van der Waals surface area (Å²) in [5.41, 5.74) is 0. The van der Waals surface area contributed by atoms with Crippen LogP contribution in [0.25, 0.3) is 0 Å². The number of unbranched alkanes of at least 4 members (excludes halogenated alkanes) is 1. The van der Waals surface area contributed by atoms with E-state index in [0.29, 0.717) is 25.6 Å². The number of hydrogen-bond donors (Lipinski definition) is 2. The van der Waals surface area contributed by atoms with Gasteiger partial charge >= 0.3 is 0 Å². The lowest BCUT2D eigenvalue weighted by molar-refractivity contribution is 0.0411. The zero-order valence-corrected chi connectivity index (χ0v) is 22.1. The third kappa shape index (κ3) is 10.5. The Balaban J connectivity index is 0.00000450. The molecule has 0 atom stereocenters. The predicted octanol–water partition coefficient (Wildman–Crippen LogP) is 3.49. The molecule has 178 valence electrons. The molecule has 2 fully saturated rings. The first-order chi connectivity index (χ1) is 14.0. The van der Waals surface area contributed by atoms with Crippen molar-refractivity contribution in [2.24, 2.45) is 4.99 Å². The summed E-state index contributed by atoms with van der Waals surface area (Å²) in [4.78, 5) is 4.31. The molecule has 0 aromatic rings. The molecular formula is C21H43IN4O3S. The monoisotopic (exact) mass is 558 g/mol. The quantitative estimate of drug-likeness (QED) is 0.141. The van der Waals surface area contributed by atoms with Gasteiger partial charge in [0.15, 0.2) is 5.96 Å². The first-order valence-corrected chi connectivity index (χ1v) is 13.2. The van der Waals surface area contributed by atoms with Crippen LogP contribution < -0.4 is 10.6 Å². The molecule has 0 radical (unpaired) electrons. The van der Waals surface area contributed by atoms with Crippen LogP contribution in [0.3, 0.4) is 0 Å².